The molecular weight excluding hydrogens is 210 g/mol. The third kappa shape index (κ3) is 2.70. The minimum absolute atomic E-state index is 0.993. The SMILES string of the molecule is CC1C2CC1CN(Cc1ccccc1)C2.CO. The third-order valence-corrected chi connectivity index (χ3v) is 4.33. The first-order valence-electron chi connectivity index (χ1n) is 6.54. The summed E-state index contributed by atoms with van der Waals surface area (Å²) in [6.07, 6.45) is 1.49. The summed E-state index contributed by atoms with van der Waals surface area (Å²) in [5.41, 5.74) is 1.46. The van der Waals surface area contributed by atoms with Crippen molar-refractivity contribution in [2.75, 3.05) is 20.2 Å². The van der Waals surface area contributed by atoms with Crippen molar-refractivity contribution in [2.45, 2.75) is 19.9 Å². The van der Waals surface area contributed by atoms with E-state index in [1.165, 1.54) is 25.1 Å². The molecule has 1 aromatic carbocycles. The molecule has 1 saturated carbocycles. The largest absolute Gasteiger partial charge is 0.400 e. The average molecular weight is 233 g/mol. The fourth-order valence-corrected chi connectivity index (χ4v) is 3.20. The summed E-state index contributed by atoms with van der Waals surface area (Å²) in [5.74, 6) is 2.98. The summed E-state index contributed by atoms with van der Waals surface area (Å²) in [4.78, 5) is 2.63. The van der Waals surface area contributed by atoms with Crippen LogP contribution < -0.4 is 0 Å². The van der Waals surface area contributed by atoms with Crippen molar-refractivity contribution in [3.8, 4) is 0 Å². The molecule has 3 fully saturated rings. The van der Waals surface area contributed by atoms with E-state index in [-0.39, 0.29) is 0 Å². The first-order chi connectivity index (χ1) is 8.33. The monoisotopic (exact) mass is 233 g/mol. The summed E-state index contributed by atoms with van der Waals surface area (Å²) in [6, 6.07) is 10.9. The second-order valence-electron chi connectivity index (χ2n) is 5.29. The van der Waals surface area contributed by atoms with Crippen LogP contribution in [0.2, 0.25) is 0 Å². The Morgan fingerprint density at radius 3 is 2.24 bits per heavy atom. The van der Waals surface area contributed by atoms with Crippen LogP contribution in [0, 0.1) is 17.8 Å². The van der Waals surface area contributed by atoms with Crippen LogP contribution in [-0.4, -0.2) is 30.2 Å². The highest BCUT2D eigenvalue weighted by atomic mass is 16.2. The van der Waals surface area contributed by atoms with Crippen molar-refractivity contribution in [3.63, 3.8) is 0 Å². The van der Waals surface area contributed by atoms with Gasteiger partial charge in [-0.1, -0.05) is 37.3 Å². The summed E-state index contributed by atoms with van der Waals surface area (Å²) in [6.45, 7) is 6.23. The number of nitrogens with zero attached hydrogens (tertiary/aromatic N) is 1. The van der Waals surface area contributed by atoms with E-state index in [9.17, 15) is 0 Å². The van der Waals surface area contributed by atoms with Crippen LogP contribution in [0.15, 0.2) is 30.3 Å². The maximum Gasteiger partial charge on any atom is 0.0319 e. The molecule has 0 amide bonds. The van der Waals surface area contributed by atoms with Crippen molar-refractivity contribution in [1.82, 2.24) is 4.90 Å². The Kier molecular flexibility index (Phi) is 4.19. The summed E-state index contributed by atoms with van der Waals surface area (Å²) in [5, 5.41) is 7.00. The van der Waals surface area contributed by atoms with E-state index in [4.69, 9.17) is 5.11 Å². The molecule has 2 heteroatoms. The fourth-order valence-electron chi connectivity index (χ4n) is 3.20. The number of fused-ring (bicyclic) bond motifs is 2. The van der Waals surface area contributed by atoms with Gasteiger partial charge in [-0.05, 0) is 29.7 Å². The maximum atomic E-state index is 7.00. The van der Waals surface area contributed by atoms with Gasteiger partial charge in [0.25, 0.3) is 0 Å². The number of aliphatic hydroxyl groups excluding tert-OH is 1. The van der Waals surface area contributed by atoms with Crippen LogP contribution in [0.1, 0.15) is 18.9 Å². The van der Waals surface area contributed by atoms with Gasteiger partial charge in [-0.15, -0.1) is 0 Å². The Balaban J connectivity index is 0.000000514. The van der Waals surface area contributed by atoms with Gasteiger partial charge in [0.1, 0.15) is 0 Å². The predicted molar refractivity (Wildman–Crippen MR) is 70.6 cm³/mol. The Bertz CT molecular complexity index is 326. The van der Waals surface area contributed by atoms with E-state index < -0.39 is 0 Å². The fraction of sp³-hybridized carbons (Fsp3) is 0.600. The minimum Gasteiger partial charge on any atom is -0.400 e. The predicted octanol–water partition coefficient (Wildman–Crippen LogP) is 2.38. The highest BCUT2D eigenvalue weighted by molar-refractivity contribution is 5.15. The number of hydrogen-bond acceptors (Lipinski definition) is 2. The van der Waals surface area contributed by atoms with Gasteiger partial charge in [0.15, 0.2) is 0 Å². The van der Waals surface area contributed by atoms with Crippen LogP contribution in [0.25, 0.3) is 0 Å². The quantitative estimate of drug-likeness (QED) is 0.848. The van der Waals surface area contributed by atoms with Crippen molar-refractivity contribution < 1.29 is 5.11 Å². The number of piperidine rings is 2. The van der Waals surface area contributed by atoms with E-state index in [0.29, 0.717) is 0 Å². The molecular formula is C15H23NO. The first-order valence-corrected chi connectivity index (χ1v) is 6.54. The zero-order valence-electron chi connectivity index (χ0n) is 10.8. The van der Waals surface area contributed by atoms with E-state index in [2.05, 4.69) is 42.2 Å². The van der Waals surface area contributed by atoms with Crippen LogP contribution in [0.4, 0.5) is 0 Å². The first kappa shape index (κ1) is 12.6. The van der Waals surface area contributed by atoms with Crippen LogP contribution >= 0.6 is 0 Å². The summed E-state index contributed by atoms with van der Waals surface area (Å²) in [7, 11) is 1.00. The molecule has 2 nitrogen and oxygen atoms in total. The molecule has 94 valence electrons. The van der Waals surface area contributed by atoms with Gasteiger partial charge in [0, 0.05) is 26.7 Å². The summed E-state index contributed by atoms with van der Waals surface area (Å²) >= 11 is 0. The lowest BCUT2D eigenvalue weighted by atomic mass is 9.62. The molecule has 1 N–H and O–H groups in total. The molecule has 2 atom stereocenters. The number of rotatable bonds is 2. The molecule has 2 unspecified atom stereocenters. The molecule has 0 aromatic heterocycles. The molecule has 2 bridgehead atoms. The minimum atomic E-state index is 0.993. The van der Waals surface area contributed by atoms with Gasteiger partial charge in [-0.3, -0.25) is 4.90 Å². The Hall–Kier alpha value is -0.860. The van der Waals surface area contributed by atoms with E-state index in [0.717, 1.165) is 31.4 Å². The van der Waals surface area contributed by atoms with E-state index >= 15 is 0 Å². The number of hydrogen-bond donors (Lipinski definition) is 1. The van der Waals surface area contributed by atoms with E-state index in [1.54, 1.807) is 0 Å². The molecule has 1 aromatic rings. The zero-order valence-corrected chi connectivity index (χ0v) is 10.8. The van der Waals surface area contributed by atoms with Gasteiger partial charge < -0.3 is 5.11 Å². The molecule has 2 heterocycles. The molecule has 3 aliphatic rings. The lowest BCUT2D eigenvalue weighted by Crippen LogP contribution is -2.53. The third-order valence-electron chi connectivity index (χ3n) is 4.33. The molecule has 17 heavy (non-hydrogen) atoms. The average Bonchev–Trinajstić information content (AvgIpc) is 2.42. The molecule has 0 radical (unpaired) electrons. The summed E-state index contributed by atoms with van der Waals surface area (Å²) < 4.78 is 0. The molecule has 2 saturated heterocycles. The highest BCUT2D eigenvalue weighted by Crippen LogP contribution is 2.45. The second kappa shape index (κ2) is 5.65. The van der Waals surface area contributed by atoms with Crippen LogP contribution in [-0.2, 0) is 6.54 Å². The van der Waals surface area contributed by atoms with E-state index in [1.807, 2.05) is 0 Å². The molecule has 1 aliphatic carbocycles. The Morgan fingerprint density at radius 1 is 1.12 bits per heavy atom. The topological polar surface area (TPSA) is 23.5 Å². The van der Waals surface area contributed by atoms with Gasteiger partial charge in [0.2, 0.25) is 0 Å². The van der Waals surface area contributed by atoms with Gasteiger partial charge in [0.05, 0.1) is 0 Å². The van der Waals surface area contributed by atoms with Crippen LogP contribution in [0.3, 0.4) is 0 Å². The van der Waals surface area contributed by atoms with Crippen molar-refractivity contribution >= 4 is 0 Å². The molecule has 0 spiro atoms. The van der Waals surface area contributed by atoms with Gasteiger partial charge in [-0.2, -0.15) is 0 Å². The molecule has 2 aliphatic heterocycles. The zero-order chi connectivity index (χ0) is 12.3. The molecule has 4 rings (SSSR count). The lowest BCUT2D eigenvalue weighted by Gasteiger charge is -2.52. The number of benzene rings is 1. The smallest absolute Gasteiger partial charge is 0.0319 e. The maximum absolute atomic E-state index is 7.00. The van der Waals surface area contributed by atoms with Crippen molar-refractivity contribution in [2.24, 2.45) is 17.8 Å². The number of aliphatic hydroxyl groups is 1. The standard InChI is InChI=1S/C14H19N.CH4O/c1-11-13-7-14(11)10-15(9-13)8-12-5-3-2-4-6-12;1-2/h2-6,11,13-14H,7-10H2,1H3;2H,1H3. The van der Waals surface area contributed by atoms with Crippen molar-refractivity contribution in [1.29, 1.82) is 0 Å². The highest BCUT2D eigenvalue weighted by Gasteiger charge is 2.43. The second-order valence-corrected chi connectivity index (χ2v) is 5.29. The lowest BCUT2D eigenvalue weighted by molar-refractivity contribution is -0.0366. The van der Waals surface area contributed by atoms with Gasteiger partial charge in [-0.25, -0.2) is 0 Å². The van der Waals surface area contributed by atoms with Gasteiger partial charge >= 0.3 is 0 Å². The normalized spacial score (nSPS) is 31.1. The Labute approximate surface area is 104 Å². The Morgan fingerprint density at radius 2 is 1.71 bits per heavy atom. The van der Waals surface area contributed by atoms with Crippen molar-refractivity contribution in [3.05, 3.63) is 35.9 Å². The van der Waals surface area contributed by atoms with Crippen LogP contribution in [0.5, 0.6) is 0 Å².